The molecule has 1 amide bonds. The first-order valence-corrected chi connectivity index (χ1v) is 11.5. The van der Waals surface area contributed by atoms with Gasteiger partial charge in [-0.2, -0.15) is 9.50 Å². The maximum Gasteiger partial charge on any atom is 0.277 e. The summed E-state index contributed by atoms with van der Waals surface area (Å²) >= 11 is 6.33. The summed E-state index contributed by atoms with van der Waals surface area (Å²) in [5, 5.41) is 3.31. The summed E-state index contributed by atoms with van der Waals surface area (Å²) in [6.07, 6.45) is 2.49. The molecule has 2 heterocycles. The minimum absolute atomic E-state index is 0.178. The Morgan fingerprint density at radius 3 is 2.71 bits per heavy atom. The van der Waals surface area contributed by atoms with Gasteiger partial charge in [0.15, 0.2) is 0 Å². The molecule has 34 heavy (non-hydrogen) atoms. The van der Waals surface area contributed by atoms with Crippen LogP contribution in [0, 0.1) is 6.92 Å². The third kappa shape index (κ3) is 4.68. The van der Waals surface area contributed by atoms with Crippen molar-refractivity contribution in [1.82, 2.24) is 19.6 Å². The zero-order valence-corrected chi connectivity index (χ0v) is 20.1. The number of methoxy groups -OCH3 is 1. The summed E-state index contributed by atoms with van der Waals surface area (Å²) in [5.74, 6) is 0.717. The molecule has 2 aromatic heterocycles. The summed E-state index contributed by atoms with van der Waals surface area (Å²) in [6.45, 7) is 4.06. The van der Waals surface area contributed by atoms with Crippen LogP contribution in [0.1, 0.15) is 46.9 Å². The molecule has 0 aliphatic carbocycles. The van der Waals surface area contributed by atoms with Gasteiger partial charge in [-0.3, -0.25) is 19.6 Å². The molecule has 0 aliphatic heterocycles. The van der Waals surface area contributed by atoms with Crippen molar-refractivity contribution in [2.24, 2.45) is 0 Å². The summed E-state index contributed by atoms with van der Waals surface area (Å²) in [7, 11) is 1.58. The Labute approximate surface area is 202 Å². The summed E-state index contributed by atoms with van der Waals surface area (Å²) < 4.78 is 6.62. The second-order valence-electron chi connectivity index (χ2n) is 7.99. The van der Waals surface area contributed by atoms with Crippen molar-refractivity contribution in [2.75, 3.05) is 12.0 Å². The Balaban J connectivity index is 1.82. The lowest BCUT2D eigenvalue weighted by molar-refractivity contribution is 0.0983. The number of aromatic amines is 1. The van der Waals surface area contributed by atoms with Gasteiger partial charge in [0.05, 0.1) is 29.9 Å². The number of hydrogen-bond acceptors (Lipinski definition) is 5. The zero-order chi connectivity index (χ0) is 24.2. The van der Waals surface area contributed by atoms with Gasteiger partial charge in [0.1, 0.15) is 5.75 Å². The number of carbonyl (C=O) groups excluding carboxylic acids is 1. The first kappa shape index (κ1) is 23.5. The first-order chi connectivity index (χ1) is 16.4. The predicted octanol–water partition coefficient (Wildman–Crippen LogP) is 4.58. The van der Waals surface area contributed by atoms with Gasteiger partial charge in [-0.25, -0.2) is 4.98 Å². The van der Waals surface area contributed by atoms with Crippen LogP contribution in [0.5, 0.6) is 5.75 Å². The van der Waals surface area contributed by atoms with Crippen LogP contribution in [0.25, 0.3) is 5.78 Å². The standard InChI is InChI=1S/C25H26ClN5O3/c1-4-5-11-19-16(2)27-24-28-25(29-31(24)23(19)33)30(15-17-9-8-10-18(14-17)34-3)22(32)20-12-6-7-13-21(20)26/h6-10,12-14H,4-5,11,15H2,1-3H3,(H,27,28,29). The van der Waals surface area contributed by atoms with E-state index in [4.69, 9.17) is 16.3 Å². The average molecular weight is 480 g/mol. The third-order valence-electron chi connectivity index (χ3n) is 5.64. The van der Waals surface area contributed by atoms with Crippen molar-refractivity contribution in [3.63, 3.8) is 0 Å². The van der Waals surface area contributed by atoms with Crippen molar-refractivity contribution < 1.29 is 9.53 Å². The number of rotatable bonds is 8. The first-order valence-electron chi connectivity index (χ1n) is 11.1. The average Bonchev–Trinajstić information content (AvgIpc) is 3.26. The molecule has 0 fully saturated rings. The van der Waals surface area contributed by atoms with Gasteiger partial charge in [0.2, 0.25) is 5.95 Å². The Hall–Kier alpha value is -3.65. The molecule has 9 heteroatoms. The largest absolute Gasteiger partial charge is 0.497 e. The van der Waals surface area contributed by atoms with E-state index in [1.165, 1.54) is 9.42 Å². The molecular weight excluding hydrogens is 454 g/mol. The number of H-pyrrole nitrogens is 1. The van der Waals surface area contributed by atoms with Gasteiger partial charge in [0.25, 0.3) is 17.2 Å². The number of amides is 1. The second kappa shape index (κ2) is 10.1. The summed E-state index contributed by atoms with van der Waals surface area (Å²) in [6, 6.07) is 14.2. The molecule has 2 aromatic carbocycles. The van der Waals surface area contributed by atoms with E-state index in [2.05, 4.69) is 22.0 Å². The maximum absolute atomic E-state index is 13.6. The van der Waals surface area contributed by atoms with Crippen LogP contribution in [-0.2, 0) is 13.0 Å². The smallest absolute Gasteiger partial charge is 0.277 e. The number of aromatic nitrogens is 4. The Bertz CT molecular complexity index is 1400. The van der Waals surface area contributed by atoms with Gasteiger partial charge in [-0.15, -0.1) is 0 Å². The minimum Gasteiger partial charge on any atom is -0.497 e. The van der Waals surface area contributed by atoms with Crippen molar-refractivity contribution in [1.29, 1.82) is 0 Å². The highest BCUT2D eigenvalue weighted by molar-refractivity contribution is 6.34. The van der Waals surface area contributed by atoms with Crippen molar-refractivity contribution in [2.45, 2.75) is 39.7 Å². The van der Waals surface area contributed by atoms with E-state index in [-0.39, 0.29) is 29.7 Å². The quantitative estimate of drug-likeness (QED) is 0.399. The number of unbranched alkanes of at least 4 members (excludes halogenated alkanes) is 1. The lowest BCUT2D eigenvalue weighted by atomic mass is 10.1. The highest BCUT2D eigenvalue weighted by Crippen LogP contribution is 2.23. The van der Waals surface area contributed by atoms with Crippen molar-refractivity contribution in [3.05, 3.63) is 86.3 Å². The number of ether oxygens (including phenoxy) is 1. The molecule has 0 radical (unpaired) electrons. The van der Waals surface area contributed by atoms with E-state index in [0.717, 1.165) is 18.4 Å². The fourth-order valence-electron chi connectivity index (χ4n) is 3.78. The number of fused-ring (bicyclic) bond motifs is 1. The normalized spacial score (nSPS) is 11.1. The van der Waals surface area contributed by atoms with E-state index in [1.54, 1.807) is 31.4 Å². The monoisotopic (exact) mass is 479 g/mol. The molecule has 176 valence electrons. The lowest BCUT2D eigenvalue weighted by Gasteiger charge is -2.20. The molecule has 4 rings (SSSR count). The Kier molecular flexibility index (Phi) is 6.98. The van der Waals surface area contributed by atoms with Gasteiger partial charge < -0.3 is 4.74 Å². The fraction of sp³-hybridized carbons (Fsp3) is 0.280. The zero-order valence-electron chi connectivity index (χ0n) is 19.3. The molecule has 0 unspecified atom stereocenters. The minimum atomic E-state index is -0.358. The molecule has 0 atom stereocenters. The maximum atomic E-state index is 13.6. The van der Waals surface area contributed by atoms with Crippen LogP contribution in [0.15, 0.2) is 53.3 Å². The second-order valence-corrected chi connectivity index (χ2v) is 8.40. The van der Waals surface area contributed by atoms with Gasteiger partial charge in [0, 0.05) is 5.56 Å². The molecule has 0 aliphatic rings. The van der Waals surface area contributed by atoms with E-state index in [0.29, 0.717) is 34.0 Å². The van der Waals surface area contributed by atoms with E-state index in [1.807, 2.05) is 31.2 Å². The topological polar surface area (TPSA) is 92.6 Å². The van der Waals surface area contributed by atoms with Crippen LogP contribution in [-0.4, -0.2) is 32.6 Å². The molecular formula is C25H26ClN5O3. The number of hydrogen-bond donors (Lipinski definition) is 1. The molecule has 0 saturated carbocycles. The molecule has 0 saturated heterocycles. The van der Waals surface area contributed by atoms with E-state index in [9.17, 15) is 9.59 Å². The van der Waals surface area contributed by atoms with Crippen LogP contribution in [0.2, 0.25) is 5.02 Å². The van der Waals surface area contributed by atoms with E-state index >= 15 is 0 Å². The van der Waals surface area contributed by atoms with Crippen LogP contribution < -0.4 is 15.2 Å². The van der Waals surface area contributed by atoms with Gasteiger partial charge in [-0.05, 0) is 49.6 Å². The predicted molar refractivity (Wildman–Crippen MR) is 132 cm³/mol. The number of halogens is 1. The number of carbonyl (C=O) groups is 1. The number of aryl methyl sites for hydroxylation is 1. The molecule has 0 bridgehead atoms. The number of anilines is 1. The lowest BCUT2D eigenvalue weighted by Crippen LogP contribution is -2.32. The van der Waals surface area contributed by atoms with Crippen molar-refractivity contribution in [3.8, 4) is 5.75 Å². The fourth-order valence-corrected chi connectivity index (χ4v) is 4.00. The highest BCUT2D eigenvalue weighted by Gasteiger charge is 2.25. The number of benzene rings is 2. The van der Waals surface area contributed by atoms with Crippen LogP contribution in [0.4, 0.5) is 5.95 Å². The number of nitrogens with zero attached hydrogens (tertiary/aromatic N) is 4. The van der Waals surface area contributed by atoms with Gasteiger partial charge >= 0.3 is 0 Å². The van der Waals surface area contributed by atoms with Crippen molar-refractivity contribution >= 4 is 29.2 Å². The third-order valence-corrected chi connectivity index (χ3v) is 5.97. The summed E-state index contributed by atoms with van der Waals surface area (Å²) in [4.78, 5) is 37.2. The summed E-state index contributed by atoms with van der Waals surface area (Å²) in [5.41, 5.74) is 2.23. The van der Waals surface area contributed by atoms with E-state index < -0.39 is 0 Å². The van der Waals surface area contributed by atoms with Crippen LogP contribution in [0.3, 0.4) is 0 Å². The SMILES string of the molecule is CCCCc1c(C)nc2nc(N(Cc3cccc(OC)c3)C(=O)c3ccccc3Cl)[nH]n2c1=O. The van der Waals surface area contributed by atoms with Crippen LogP contribution >= 0.6 is 11.6 Å². The highest BCUT2D eigenvalue weighted by atomic mass is 35.5. The Morgan fingerprint density at radius 2 is 1.97 bits per heavy atom. The Morgan fingerprint density at radius 1 is 1.18 bits per heavy atom. The molecule has 4 aromatic rings. The molecule has 1 N–H and O–H groups in total. The molecule has 8 nitrogen and oxygen atoms in total. The van der Waals surface area contributed by atoms with Gasteiger partial charge in [-0.1, -0.05) is 49.2 Å². The number of nitrogens with one attached hydrogen (secondary N) is 1. The molecule has 0 spiro atoms.